The Bertz CT molecular complexity index is 366. The van der Waals surface area contributed by atoms with Crippen LogP contribution in [0.4, 0.5) is 0 Å². The number of hydrogen-bond donors (Lipinski definition) is 1. The van der Waals surface area contributed by atoms with Gasteiger partial charge >= 0.3 is 0 Å². The fourth-order valence-electron chi connectivity index (χ4n) is 3.55. The number of ketones is 1. The second-order valence-corrected chi connectivity index (χ2v) is 7.27. The standard InChI is InChI=1S/C19H34O2/c1-5-6-7-8-9-10-11-12-17(21)18-15(2)16(20)13-14-19(18,3)4/h17,21H,5-14H2,1-4H3. The first-order chi connectivity index (χ1) is 9.90. The van der Waals surface area contributed by atoms with Crippen LogP contribution in [0.5, 0.6) is 0 Å². The zero-order valence-corrected chi connectivity index (χ0v) is 14.5. The molecule has 0 aromatic heterocycles. The van der Waals surface area contributed by atoms with Crippen molar-refractivity contribution in [3.63, 3.8) is 0 Å². The predicted molar refractivity (Wildman–Crippen MR) is 89.3 cm³/mol. The highest BCUT2D eigenvalue weighted by atomic mass is 16.3. The van der Waals surface area contributed by atoms with Crippen LogP contribution in [0.15, 0.2) is 11.1 Å². The summed E-state index contributed by atoms with van der Waals surface area (Å²) < 4.78 is 0. The highest BCUT2D eigenvalue weighted by Gasteiger charge is 2.35. The van der Waals surface area contributed by atoms with E-state index in [0.717, 1.165) is 30.4 Å². The third-order valence-corrected chi connectivity index (χ3v) is 4.94. The van der Waals surface area contributed by atoms with E-state index in [-0.39, 0.29) is 11.2 Å². The average molecular weight is 294 g/mol. The minimum absolute atomic E-state index is 0.0292. The Balaban J connectivity index is 2.41. The molecular weight excluding hydrogens is 260 g/mol. The second kappa shape index (κ2) is 8.73. The molecule has 1 rings (SSSR count). The van der Waals surface area contributed by atoms with Crippen molar-refractivity contribution >= 4 is 5.78 Å². The van der Waals surface area contributed by atoms with E-state index in [1.165, 1.54) is 38.5 Å². The van der Waals surface area contributed by atoms with E-state index in [9.17, 15) is 9.90 Å². The summed E-state index contributed by atoms with van der Waals surface area (Å²) in [6, 6.07) is 0. The molecule has 0 fully saturated rings. The number of aliphatic hydroxyl groups excluding tert-OH is 1. The van der Waals surface area contributed by atoms with E-state index in [4.69, 9.17) is 0 Å². The van der Waals surface area contributed by atoms with Crippen molar-refractivity contribution in [1.29, 1.82) is 0 Å². The fourth-order valence-corrected chi connectivity index (χ4v) is 3.55. The van der Waals surface area contributed by atoms with Crippen LogP contribution in [0.3, 0.4) is 0 Å². The molecule has 0 aliphatic heterocycles. The minimum Gasteiger partial charge on any atom is -0.389 e. The van der Waals surface area contributed by atoms with E-state index in [1.807, 2.05) is 6.92 Å². The summed E-state index contributed by atoms with van der Waals surface area (Å²) in [7, 11) is 0. The molecule has 0 saturated carbocycles. The largest absolute Gasteiger partial charge is 0.389 e. The summed E-state index contributed by atoms with van der Waals surface area (Å²) in [5, 5.41) is 10.5. The molecule has 1 unspecified atom stereocenters. The van der Waals surface area contributed by atoms with Gasteiger partial charge in [-0.05, 0) is 36.3 Å². The predicted octanol–water partition coefficient (Wildman–Crippen LogP) is 5.19. The zero-order chi connectivity index (χ0) is 15.9. The van der Waals surface area contributed by atoms with Gasteiger partial charge in [0.05, 0.1) is 6.10 Å². The van der Waals surface area contributed by atoms with Crippen LogP contribution in [0.25, 0.3) is 0 Å². The first kappa shape index (κ1) is 18.4. The third kappa shape index (κ3) is 5.58. The molecule has 0 aromatic rings. The van der Waals surface area contributed by atoms with Gasteiger partial charge in [-0.3, -0.25) is 4.79 Å². The summed E-state index contributed by atoms with van der Waals surface area (Å²) >= 11 is 0. The van der Waals surface area contributed by atoms with Gasteiger partial charge in [0, 0.05) is 6.42 Å². The maximum Gasteiger partial charge on any atom is 0.158 e. The topological polar surface area (TPSA) is 37.3 Å². The normalized spacial score (nSPS) is 20.0. The smallest absolute Gasteiger partial charge is 0.158 e. The minimum atomic E-state index is -0.431. The summed E-state index contributed by atoms with van der Waals surface area (Å²) in [6.07, 6.45) is 10.7. The molecule has 0 aromatic carbocycles. The molecule has 122 valence electrons. The molecule has 0 heterocycles. The number of carbonyl (C=O) groups is 1. The van der Waals surface area contributed by atoms with Gasteiger partial charge in [-0.15, -0.1) is 0 Å². The van der Waals surface area contributed by atoms with Gasteiger partial charge in [0.15, 0.2) is 5.78 Å². The molecular formula is C19H34O2. The van der Waals surface area contributed by atoms with Gasteiger partial charge in [-0.1, -0.05) is 65.7 Å². The Morgan fingerprint density at radius 2 is 1.67 bits per heavy atom. The molecule has 1 aliphatic rings. The lowest BCUT2D eigenvalue weighted by Gasteiger charge is -2.36. The van der Waals surface area contributed by atoms with Crippen molar-refractivity contribution in [2.75, 3.05) is 0 Å². The number of aliphatic hydroxyl groups is 1. The third-order valence-electron chi connectivity index (χ3n) is 4.94. The van der Waals surface area contributed by atoms with E-state index in [0.29, 0.717) is 6.42 Å². The number of Topliss-reactive ketones (excluding diaryl/α,β-unsaturated/α-hetero) is 1. The number of carbonyl (C=O) groups excluding carboxylic acids is 1. The van der Waals surface area contributed by atoms with Crippen molar-refractivity contribution < 1.29 is 9.90 Å². The van der Waals surface area contributed by atoms with E-state index in [2.05, 4.69) is 20.8 Å². The SMILES string of the molecule is CCCCCCCCCC(O)C1=C(C)C(=O)CCC1(C)C. The molecule has 1 N–H and O–H groups in total. The molecule has 0 radical (unpaired) electrons. The Morgan fingerprint density at radius 1 is 1.10 bits per heavy atom. The summed E-state index contributed by atoms with van der Waals surface area (Å²) in [5.74, 6) is 0.225. The molecule has 1 aliphatic carbocycles. The van der Waals surface area contributed by atoms with Crippen molar-refractivity contribution in [3.05, 3.63) is 11.1 Å². The maximum absolute atomic E-state index is 11.9. The number of unbranched alkanes of at least 4 members (excludes halogenated alkanes) is 6. The van der Waals surface area contributed by atoms with Gasteiger partial charge < -0.3 is 5.11 Å². The van der Waals surface area contributed by atoms with Crippen LogP contribution in [-0.2, 0) is 4.79 Å². The highest BCUT2D eigenvalue weighted by molar-refractivity contribution is 5.96. The molecule has 2 heteroatoms. The van der Waals surface area contributed by atoms with Crippen molar-refractivity contribution in [1.82, 2.24) is 0 Å². The lowest BCUT2D eigenvalue weighted by Crippen LogP contribution is -2.32. The molecule has 21 heavy (non-hydrogen) atoms. The lowest BCUT2D eigenvalue weighted by atomic mass is 9.69. The molecule has 0 amide bonds. The van der Waals surface area contributed by atoms with E-state index >= 15 is 0 Å². The fraction of sp³-hybridized carbons (Fsp3) is 0.842. The summed E-state index contributed by atoms with van der Waals surface area (Å²) in [5.41, 5.74) is 1.80. The zero-order valence-electron chi connectivity index (χ0n) is 14.5. The van der Waals surface area contributed by atoms with Crippen LogP contribution in [0, 0.1) is 5.41 Å². The van der Waals surface area contributed by atoms with Gasteiger partial charge in [0.25, 0.3) is 0 Å². The molecule has 2 nitrogen and oxygen atoms in total. The number of allylic oxidation sites excluding steroid dienone is 1. The van der Waals surface area contributed by atoms with Crippen LogP contribution < -0.4 is 0 Å². The Labute approximate surface area is 131 Å². The molecule has 0 bridgehead atoms. The Hall–Kier alpha value is -0.630. The quantitative estimate of drug-likeness (QED) is 0.594. The van der Waals surface area contributed by atoms with Gasteiger partial charge in [0.1, 0.15) is 0 Å². The Morgan fingerprint density at radius 3 is 2.29 bits per heavy atom. The molecule has 1 atom stereocenters. The molecule has 0 saturated heterocycles. The number of rotatable bonds is 9. The summed E-state index contributed by atoms with van der Waals surface area (Å²) in [4.78, 5) is 11.9. The van der Waals surface area contributed by atoms with Gasteiger partial charge in [-0.25, -0.2) is 0 Å². The average Bonchev–Trinajstić information content (AvgIpc) is 2.42. The maximum atomic E-state index is 11.9. The Kier molecular flexibility index (Phi) is 7.65. The first-order valence-electron chi connectivity index (χ1n) is 8.82. The van der Waals surface area contributed by atoms with Crippen LogP contribution >= 0.6 is 0 Å². The van der Waals surface area contributed by atoms with Crippen molar-refractivity contribution in [3.8, 4) is 0 Å². The first-order valence-corrected chi connectivity index (χ1v) is 8.82. The monoisotopic (exact) mass is 294 g/mol. The van der Waals surface area contributed by atoms with Crippen LogP contribution in [-0.4, -0.2) is 17.0 Å². The lowest BCUT2D eigenvalue weighted by molar-refractivity contribution is -0.117. The van der Waals surface area contributed by atoms with Crippen molar-refractivity contribution in [2.24, 2.45) is 5.41 Å². The van der Waals surface area contributed by atoms with Gasteiger partial charge in [-0.2, -0.15) is 0 Å². The summed E-state index contributed by atoms with van der Waals surface area (Å²) in [6.45, 7) is 8.45. The van der Waals surface area contributed by atoms with Crippen LogP contribution in [0.2, 0.25) is 0 Å². The van der Waals surface area contributed by atoms with E-state index in [1.54, 1.807) is 0 Å². The van der Waals surface area contributed by atoms with Crippen molar-refractivity contribution in [2.45, 2.75) is 98.0 Å². The molecule has 0 spiro atoms. The number of hydrogen-bond acceptors (Lipinski definition) is 2. The van der Waals surface area contributed by atoms with Gasteiger partial charge in [0.2, 0.25) is 0 Å². The highest BCUT2D eigenvalue weighted by Crippen LogP contribution is 2.41. The second-order valence-electron chi connectivity index (χ2n) is 7.27. The van der Waals surface area contributed by atoms with E-state index < -0.39 is 6.10 Å². The van der Waals surface area contributed by atoms with Crippen LogP contribution in [0.1, 0.15) is 91.9 Å².